The van der Waals surface area contributed by atoms with Crippen LogP contribution in [0.4, 0.5) is 5.82 Å². The molecule has 0 bridgehead atoms. The van der Waals surface area contributed by atoms with Gasteiger partial charge in [-0.3, -0.25) is 9.48 Å². The largest absolute Gasteiger partial charge is 0.352 e. The normalized spacial score (nSPS) is 18.2. The first-order valence-corrected chi connectivity index (χ1v) is 7.48. The Morgan fingerprint density at radius 1 is 1.22 bits per heavy atom. The van der Waals surface area contributed by atoms with E-state index in [-0.39, 0.29) is 5.91 Å². The third kappa shape index (κ3) is 2.21. The predicted molar refractivity (Wildman–Crippen MR) is 85.8 cm³/mol. The van der Waals surface area contributed by atoms with E-state index in [1.54, 1.807) is 10.9 Å². The number of nitrogens with one attached hydrogen (secondary N) is 1. The van der Waals surface area contributed by atoms with Crippen LogP contribution >= 0.6 is 0 Å². The Hall–Kier alpha value is -2.96. The van der Waals surface area contributed by atoms with Crippen molar-refractivity contribution in [3.63, 3.8) is 0 Å². The molecular formula is C16H16N6O. The first-order chi connectivity index (χ1) is 11.3. The molecule has 0 spiro atoms. The number of piperazine rings is 1. The zero-order chi connectivity index (χ0) is 15.8. The highest BCUT2D eigenvalue weighted by atomic mass is 16.2. The van der Waals surface area contributed by atoms with Crippen molar-refractivity contribution >= 4 is 22.8 Å². The van der Waals surface area contributed by atoms with Gasteiger partial charge < -0.3 is 10.2 Å². The highest BCUT2D eigenvalue weighted by Gasteiger charge is 2.33. The Bertz CT molecular complexity index is 859. The number of carbonyl (C=O) groups excluding carboxylic acids is 1. The summed E-state index contributed by atoms with van der Waals surface area (Å²) in [6.07, 6.45) is 3.27. The van der Waals surface area contributed by atoms with E-state index in [0.29, 0.717) is 13.1 Å². The quantitative estimate of drug-likeness (QED) is 0.765. The number of carbonyl (C=O) groups is 1. The van der Waals surface area contributed by atoms with Crippen LogP contribution in [-0.2, 0) is 11.8 Å². The molecule has 0 unspecified atom stereocenters. The first kappa shape index (κ1) is 13.7. The fourth-order valence-corrected chi connectivity index (χ4v) is 3.04. The van der Waals surface area contributed by atoms with Crippen molar-refractivity contribution in [1.29, 1.82) is 0 Å². The standard InChI is InChI=1S/C16H16N6O/c1-21-14-12(9-20-21)15(19-10-18-14)22-8-7-17-16(23)13(22)11-5-3-2-4-6-11/h2-6,9-10,13H,7-8H2,1H3,(H,17,23)/t13-/m1/s1. The summed E-state index contributed by atoms with van der Waals surface area (Å²) < 4.78 is 1.71. The maximum Gasteiger partial charge on any atom is 0.247 e. The van der Waals surface area contributed by atoms with Gasteiger partial charge >= 0.3 is 0 Å². The van der Waals surface area contributed by atoms with Crippen molar-refractivity contribution in [2.45, 2.75) is 6.04 Å². The van der Waals surface area contributed by atoms with Gasteiger partial charge in [-0.15, -0.1) is 0 Å². The number of rotatable bonds is 2. The van der Waals surface area contributed by atoms with Gasteiger partial charge in [-0.2, -0.15) is 5.10 Å². The molecule has 1 atom stereocenters. The number of hydrogen-bond acceptors (Lipinski definition) is 5. The first-order valence-electron chi connectivity index (χ1n) is 7.48. The molecule has 1 saturated heterocycles. The molecule has 1 aliphatic rings. The summed E-state index contributed by atoms with van der Waals surface area (Å²) >= 11 is 0. The smallest absolute Gasteiger partial charge is 0.247 e. The molecule has 0 aliphatic carbocycles. The zero-order valence-corrected chi connectivity index (χ0v) is 12.7. The summed E-state index contributed by atoms with van der Waals surface area (Å²) in [5.41, 5.74) is 1.70. The topological polar surface area (TPSA) is 75.9 Å². The van der Waals surface area contributed by atoms with E-state index in [1.807, 2.05) is 42.3 Å². The van der Waals surface area contributed by atoms with E-state index in [4.69, 9.17) is 0 Å². The van der Waals surface area contributed by atoms with Crippen molar-refractivity contribution < 1.29 is 4.79 Å². The van der Waals surface area contributed by atoms with Crippen molar-refractivity contribution in [2.24, 2.45) is 7.05 Å². The molecule has 1 aromatic carbocycles. The summed E-state index contributed by atoms with van der Waals surface area (Å²) in [4.78, 5) is 23.2. The van der Waals surface area contributed by atoms with Crippen LogP contribution < -0.4 is 10.2 Å². The van der Waals surface area contributed by atoms with E-state index < -0.39 is 6.04 Å². The molecule has 3 aromatic rings. The van der Waals surface area contributed by atoms with E-state index in [1.165, 1.54) is 6.33 Å². The van der Waals surface area contributed by atoms with Crippen molar-refractivity contribution in [3.8, 4) is 0 Å². The number of fused-ring (bicyclic) bond motifs is 1. The van der Waals surface area contributed by atoms with Crippen LogP contribution in [-0.4, -0.2) is 38.7 Å². The summed E-state index contributed by atoms with van der Waals surface area (Å²) in [5.74, 6) is 0.727. The van der Waals surface area contributed by atoms with Crippen LogP contribution in [0.15, 0.2) is 42.9 Å². The van der Waals surface area contributed by atoms with Crippen molar-refractivity contribution in [2.75, 3.05) is 18.0 Å². The third-order valence-electron chi connectivity index (χ3n) is 4.11. The number of anilines is 1. The molecular weight excluding hydrogens is 292 g/mol. The minimum absolute atomic E-state index is 0.0156. The average molecular weight is 308 g/mol. The summed E-state index contributed by atoms with van der Waals surface area (Å²) in [7, 11) is 1.84. The average Bonchev–Trinajstić information content (AvgIpc) is 2.97. The molecule has 0 radical (unpaired) electrons. The molecule has 3 heterocycles. The van der Waals surface area contributed by atoms with Crippen LogP contribution in [0.25, 0.3) is 11.0 Å². The molecule has 116 valence electrons. The van der Waals surface area contributed by atoms with E-state index >= 15 is 0 Å². The SMILES string of the molecule is Cn1ncc2c(N3CCNC(=O)[C@H]3c3ccccc3)ncnc21. The van der Waals surface area contributed by atoms with Crippen LogP contribution in [0.1, 0.15) is 11.6 Å². The third-order valence-corrected chi connectivity index (χ3v) is 4.11. The van der Waals surface area contributed by atoms with Gasteiger partial charge in [-0.25, -0.2) is 9.97 Å². The van der Waals surface area contributed by atoms with Crippen molar-refractivity contribution in [3.05, 3.63) is 48.4 Å². The summed E-state index contributed by atoms with van der Waals surface area (Å²) in [6, 6.07) is 9.35. The van der Waals surface area contributed by atoms with E-state index in [9.17, 15) is 4.79 Å². The molecule has 1 N–H and O–H groups in total. The molecule has 7 nitrogen and oxygen atoms in total. The van der Waals surface area contributed by atoms with Gasteiger partial charge in [0.1, 0.15) is 18.2 Å². The van der Waals surface area contributed by atoms with E-state index in [2.05, 4.69) is 20.4 Å². The maximum absolute atomic E-state index is 12.5. The second kappa shape index (κ2) is 5.35. The Labute approximate surface area is 133 Å². The molecule has 1 amide bonds. The van der Waals surface area contributed by atoms with E-state index in [0.717, 1.165) is 22.4 Å². The fourth-order valence-electron chi connectivity index (χ4n) is 3.04. The number of aromatic nitrogens is 4. The number of benzene rings is 1. The molecule has 7 heteroatoms. The van der Waals surface area contributed by atoms with Crippen LogP contribution in [0.5, 0.6) is 0 Å². The lowest BCUT2D eigenvalue weighted by atomic mass is 10.0. The lowest BCUT2D eigenvalue weighted by Gasteiger charge is -2.36. The molecule has 1 aliphatic heterocycles. The van der Waals surface area contributed by atoms with Gasteiger partial charge in [0.15, 0.2) is 5.65 Å². The van der Waals surface area contributed by atoms with Crippen LogP contribution in [0.2, 0.25) is 0 Å². The minimum atomic E-state index is -0.400. The molecule has 23 heavy (non-hydrogen) atoms. The molecule has 4 rings (SSSR count). The predicted octanol–water partition coefficient (Wildman–Crippen LogP) is 1.04. The summed E-state index contributed by atoms with van der Waals surface area (Å²) in [6.45, 7) is 1.28. The molecule has 1 fully saturated rings. The van der Waals surface area contributed by atoms with Crippen LogP contribution in [0.3, 0.4) is 0 Å². The zero-order valence-electron chi connectivity index (χ0n) is 12.7. The highest BCUT2D eigenvalue weighted by Crippen LogP contribution is 2.31. The second-order valence-electron chi connectivity index (χ2n) is 5.50. The lowest BCUT2D eigenvalue weighted by molar-refractivity contribution is -0.123. The van der Waals surface area contributed by atoms with Gasteiger partial charge in [-0.1, -0.05) is 30.3 Å². The maximum atomic E-state index is 12.5. The number of nitrogens with zero attached hydrogens (tertiary/aromatic N) is 5. The second-order valence-corrected chi connectivity index (χ2v) is 5.50. The van der Waals surface area contributed by atoms with Gasteiger partial charge in [0.25, 0.3) is 0 Å². The number of aryl methyl sites for hydroxylation is 1. The van der Waals surface area contributed by atoms with Gasteiger partial charge in [-0.05, 0) is 5.56 Å². The fraction of sp³-hybridized carbons (Fsp3) is 0.250. The monoisotopic (exact) mass is 308 g/mol. The van der Waals surface area contributed by atoms with Crippen LogP contribution in [0, 0.1) is 0 Å². The number of amides is 1. The Morgan fingerprint density at radius 2 is 2.04 bits per heavy atom. The lowest BCUT2D eigenvalue weighted by Crippen LogP contribution is -2.50. The minimum Gasteiger partial charge on any atom is -0.352 e. The van der Waals surface area contributed by atoms with Crippen molar-refractivity contribution in [1.82, 2.24) is 25.1 Å². The van der Waals surface area contributed by atoms with Gasteiger partial charge in [0, 0.05) is 20.1 Å². The highest BCUT2D eigenvalue weighted by molar-refractivity contribution is 5.93. The summed E-state index contributed by atoms with van der Waals surface area (Å²) in [5, 5.41) is 8.05. The Kier molecular flexibility index (Phi) is 3.18. The van der Waals surface area contributed by atoms with Gasteiger partial charge in [0.05, 0.1) is 11.6 Å². The van der Waals surface area contributed by atoms with Gasteiger partial charge in [0.2, 0.25) is 5.91 Å². The Balaban J connectivity index is 1.85. The molecule has 2 aromatic heterocycles. The molecule has 0 saturated carbocycles. The number of hydrogen-bond donors (Lipinski definition) is 1. The Morgan fingerprint density at radius 3 is 2.87 bits per heavy atom.